The lowest BCUT2D eigenvalue weighted by molar-refractivity contribution is 0.573. The highest BCUT2D eigenvalue weighted by molar-refractivity contribution is 5.60. The van der Waals surface area contributed by atoms with Crippen LogP contribution in [0.15, 0.2) is 30.4 Å². The Morgan fingerprint density at radius 2 is 2.14 bits per heavy atom. The Morgan fingerprint density at radius 1 is 1.36 bits per heavy atom. The van der Waals surface area contributed by atoms with E-state index >= 15 is 0 Å². The molecule has 0 aliphatic carbocycles. The molecule has 0 amide bonds. The number of nitrogens with one attached hydrogen (secondary N) is 1. The van der Waals surface area contributed by atoms with Crippen molar-refractivity contribution < 1.29 is 0 Å². The third-order valence-corrected chi connectivity index (χ3v) is 2.12. The fourth-order valence-corrected chi connectivity index (χ4v) is 1.41. The first-order chi connectivity index (χ1) is 6.85. The lowest BCUT2D eigenvalue weighted by Crippen LogP contribution is -2.07. The summed E-state index contributed by atoms with van der Waals surface area (Å²) in [7, 11) is 1.83. The van der Waals surface area contributed by atoms with Crippen LogP contribution in [0.1, 0.15) is 25.7 Å². The molecule has 2 heteroatoms. The molecule has 0 spiro atoms. The first-order valence-corrected chi connectivity index (χ1v) is 5.22. The topological polar surface area (TPSA) is 24.4 Å². The maximum absolute atomic E-state index is 4.07. The van der Waals surface area contributed by atoms with Crippen LogP contribution >= 0.6 is 0 Å². The van der Waals surface area contributed by atoms with Crippen LogP contribution in [0.2, 0.25) is 0 Å². The van der Waals surface area contributed by atoms with Gasteiger partial charge in [0.1, 0.15) is 0 Å². The van der Waals surface area contributed by atoms with Crippen molar-refractivity contribution in [3.05, 3.63) is 25.4 Å². The Kier molecular flexibility index (Phi) is 9.28. The minimum atomic E-state index is 0.571. The van der Waals surface area contributed by atoms with Crippen molar-refractivity contribution in [2.45, 2.75) is 25.7 Å². The van der Waals surface area contributed by atoms with Gasteiger partial charge in [-0.05, 0) is 31.4 Å². The zero-order valence-corrected chi connectivity index (χ0v) is 9.21. The Balaban J connectivity index is 3.49. The monoisotopic (exact) mass is 194 g/mol. The van der Waals surface area contributed by atoms with Crippen LogP contribution in [0.4, 0.5) is 0 Å². The number of rotatable bonds is 9. The van der Waals surface area contributed by atoms with E-state index in [0.717, 1.165) is 13.0 Å². The molecule has 1 N–H and O–H groups in total. The normalized spacial score (nSPS) is 12.6. The molecular formula is C12H22N2. The largest absolute Gasteiger partial charge is 0.391 e. The van der Waals surface area contributed by atoms with Gasteiger partial charge < -0.3 is 10.3 Å². The van der Waals surface area contributed by atoms with Crippen LogP contribution in [-0.2, 0) is 0 Å². The second-order valence-electron chi connectivity index (χ2n) is 3.35. The predicted octanol–water partition coefficient (Wildman–Crippen LogP) is 2.78. The maximum Gasteiger partial charge on any atom is 0.0273 e. The van der Waals surface area contributed by atoms with Crippen LogP contribution in [0.5, 0.6) is 0 Å². The van der Waals surface area contributed by atoms with Gasteiger partial charge in [0.25, 0.3) is 0 Å². The van der Waals surface area contributed by atoms with Crippen molar-refractivity contribution in [3.8, 4) is 0 Å². The molecule has 0 rings (SSSR count). The molecule has 80 valence electrons. The molecule has 1 atom stereocenters. The molecule has 2 nitrogen and oxygen atoms in total. The number of aliphatic imine (C=N–C) groups is 1. The van der Waals surface area contributed by atoms with Crippen LogP contribution < -0.4 is 5.32 Å². The zero-order valence-electron chi connectivity index (χ0n) is 9.21. The van der Waals surface area contributed by atoms with E-state index in [-0.39, 0.29) is 0 Å². The summed E-state index contributed by atoms with van der Waals surface area (Å²) in [6.07, 6.45) is 10.4. The predicted molar refractivity (Wildman–Crippen MR) is 64.8 cm³/mol. The Bertz CT molecular complexity index is 173. The van der Waals surface area contributed by atoms with Crippen molar-refractivity contribution in [2.24, 2.45) is 10.9 Å². The molecule has 0 aliphatic rings. The van der Waals surface area contributed by atoms with Crippen LogP contribution in [0.25, 0.3) is 0 Å². The Labute approximate surface area is 87.8 Å². The van der Waals surface area contributed by atoms with E-state index < -0.39 is 0 Å². The number of nitrogens with zero attached hydrogens (tertiary/aromatic N) is 1. The van der Waals surface area contributed by atoms with Crippen molar-refractivity contribution in [1.29, 1.82) is 0 Å². The van der Waals surface area contributed by atoms with E-state index in [1.165, 1.54) is 19.3 Å². The summed E-state index contributed by atoms with van der Waals surface area (Å²) >= 11 is 0. The minimum absolute atomic E-state index is 0.571. The maximum atomic E-state index is 4.07. The van der Waals surface area contributed by atoms with Crippen LogP contribution in [0.3, 0.4) is 0 Å². The molecule has 1 unspecified atom stereocenters. The van der Waals surface area contributed by atoms with E-state index in [0.29, 0.717) is 5.92 Å². The highest BCUT2D eigenvalue weighted by Crippen LogP contribution is 2.10. The second-order valence-corrected chi connectivity index (χ2v) is 3.35. The highest BCUT2D eigenvalue weighted by Gasteiger charge is 2.02. The third-order valence-electron chi connectivity index (χ3n) is 2.12. The standard InChI is InChI=1S/C12H22N2/c1-4-8-12(11-13-3)9-6-7-10-14-5-2/h4-5,11-12,14H,1-2,6-10H2,3H3. The van der Waals surface area contributed by atoms with E-state index in [1.54, 1.807) is 6.20 Å². The fraction of sp³-hybridized carbons (Fsp3) is 0.583. The Hall–Kier alpha value is -1.05. The number of hydrogen-bond acceptors (Lipinski definition) is 2. The highest BCUT2D eigenvalue weighted by atomic mass is 14.8. The van der Waals surface area contributed by atoms with E-state index in [1.807, 2.05) is 19.3 Å². The quantitative estimate of drug-likeness (QED) is 0.341. The lowest BCUT2D eigenvalue weighted by Gasteiger charge is -2.08. The van der Waals surface area contributed by atoms with Gasteiger partial charge in [0.15, 0.2) is 0 Å². The van der Waals surface area contributed by atoms with Crippen LogP contribution in [-0.4, -0.2) is 19.8 Å². The SMILES string of the molecule is C=CCC(C=NC)CCCCNC=C. The lowest BCUT2D eigenvalue weighted by atomic mass is 10.00. The average molecular weight is 194 g/mol. The van der Waals surface area contributed by atoms with Crippen molar-refractivity contribution in [2.75, 3.05) is 13.6 Å². The van der Waals surface area contributed by atoms with Gasteiger partial charge in [0.05, 0.1) is 0 Å². The Morgan fingerprint density at radius 3 is 2.71 bits per heavy atom. The average Bonchev–Trinajstić information content (AvgIpc) is 2.18. The van der Waals surface area contributed by atoms with Gasteiger partial charge in [-0.25, -0.2) is 0 Å². The summed E-state index contributed by atoms with van der Waals surface area (Å²) < 4.78 is 0. The molecule has 0 aromatic heterocycles. The molecule has 0 fully saturated rings. The molecule has 0 saturated carbocycles. The molecule has 0 heterocycles. The first-order valence-electron chi connectivity index (χ1n) is 5.22. The zero-order chi connectivity index (χ0) is 10.6. The summed E-state index contributed by atoms with van der Waals surface area (Å²) in [5.41, 5.74) is 0. The molecule has 0 radical (unpaired) electrons. The van der Waals surface area contributed by atoms with E-state index in [9.17, 15) is 0 Å². The third kappa shape index (κ3) is 7.59. The van der Waals surface area contributed by atoms with Crippen molar-refractivity contribution in [1.82, 2.24) is 5.32 Å². The minimum Gasteiger partial charge on any atom is -0.391 e. The molecule has 0 aromatic rings. The fourth-order valence-electron chi connectivity index (χ4n) is 1.41. The van der Waals surface area contributed by atoms with Crippen molar-refractivity contribution in [3.63, 3.8) is 0 Å². The van der Waals surface area contributed by atoms with Gasteiger partial charge in [-0.3, -0.25) is 0 Å². The summed E-state index contributed by atoms with van der Waals surface area (Å²) in [6, 6.07) is 0. The van der Waals surface area contributed by atoms with Gasteiger partial charge in [-0.2, -0.15) is 0 Å². The van der Waals surface area contributed by atoms with E-state index in [4.69, 9.17) is 0 Å². The number of hydrogen-bond donors (Lipinski definition) is 1. The molecule has 0 aromatic carbocycles. The van der Waals surface area contributed by atoms with Crippen LogP contribution in [0, 0.1) is 5.92 Å². The summed E-state index contributed by atoms with van der Waals surface area (Å²) in [6.45, 7) is 8.38. The summed E-state index contributed by atoms with van der Waals surface area (Å²) in [4.78, 5) is 4.07. The summed E-state index contributed by atoms with van der Waals surface area (Å²) in [5, 5.41) is 3.10. The molecular weight excluding hydrogens is 172 g/mol. The summed E-state index contributed by atoms with van der Waals surface area (Å²) in [5.74, 6) is 0.571. The molecule has 0 aliphatic heterocycles. The van der Waals surface area contributed by atoms with E-state index in [2.05, 4.69) is 23.5 Å². The van der Waals surface area contributed by atoms with Gasteiger partial charge >= 0.3 is 0 Å². The molecule has 0 saturated heterocycles. The van der Waals surface area contributed by atoms with Gasteiger partial charge in [-0.15, -0.1) is 6.58 Å². The van der Waals surface area contributed by atoms with Crippen molar-refractivity contribution >= 4 is 6.21 Å². The van der Waals surface area contributed by atoms with Gasteiger partial charge in [-0.1, -0.05) is 19.1 Å². The number of allylic oxidation sites excluding steroid dienone is 1. The second kappa shape index (κ2) is 10.0. The molecule has 0 bridgehead atoms. The number of unbranched alkanes of at least 4 members (excludes halogenated alkanes) is 1. The first kappa shape index (κ1) is 12.9. The van der Waals surface area contributed by atoms with Gasteiger partial charge in [0.2, 0.25) is 0 Å². The van der Waals surface area contributed by atoms with Gasteiger partial charge in [0, 0.05) is 19.8 Å². The smallest absolute Gasteiger partial charge is 0.0273 e. The molecule has 14 heavy (non-hydrogen) atoms.